The maximum Gasteiger partial charge on any atom is 0.257 e. The predicted molar refractivity (Wildman–Crippen MR) is 128 cm³/mol. The zero-order valence-electron chi connectivity index (χ0n) is 20.3. The number of aromatic nitrogens is 1. The van der Waals surface area contributed by atoms with Gasteiger partial charge in [0.05, 0.1) is 23.3 Å². The predicted octanol–water partition coefficient (Wildman–Crippen LogP) is 2.69. The van der Waals surface area contributed by atoms with E-state index in [2.05, 4.69) is 10.3 Å². The van der Waals surface area contributed by atoms with Crippen molar-refractivity contribution in [2.75, 3.05) is 39.2 Å². The Morgan fingerprint density at radius 3 is 2.62 bits per heavy atom. The molecule has 0 fully saturated rings. The molecule has 9 nitrogen and oxygen atoms in total. The molecule has 1 aliphatic rings. The van der Waals surface area contributed by atoms with Gasteiger partial charge in [-0.05, 0) is 37.3 Å². The lowest BCUT2D eigenvalue weighted by atomic mass is 10.0. The summed E-state index contributed by atoms with van der Waals surface area (Å²) in [6.07, 6.45) is 2.88. The van der Waals surface area contributed by atoms with Crippen LogP contribution in [0.1, 0.15) is 41.5 Å². The molecular formula is C25H32N4O5. The summed E-state index contributed by atoms with van der Waals surface area (Å²) in [5.41, 5.74) is 1.33. The van der Waals surface area contributed by atoms with Crippen LogP contribution >= 0.6 is 0 Å². The molecule has 0 bridgehead atoms. The fraction of sp³-hybridized carbons (Fsp3) is 0.440. The van der Waals surface area contributed by atoms with Crippen LogP contribution in [0.2, 0.25) is 0 Å². The van der Waals surface area contributed by atoms with E-state index in [9.17, 15) is 14.4 Å². The molecule has 2 heterocycles. The Balaban J connectivity index is 1.99. The van der Waals surface area contributed by atoms with E-state index in [4.69, 9.17) is 9.47 Å². The van der Waals surface area contributed by atoms with E-state index in [-0.39, 0.29) is 42.4 Å². The summed E-state index contributed by atoms with van der Waals surface area (Å²) < 4.78 is 11.8. The van der Waals surface area contributed by atoms with Gasteiger partial charge in [-0.25, -0.2) is 0 Å². The lowest BCUT2D eigenvalue weighted by Crippen LogP contribution is -2.48. The van der Waals surface area contributed by atoms with Gasteiger partial charge in [-0.1, -0.05) is 6.92 Å². The van der Waals surface area contributed by atoms with Crippen molar-refractivity contribution in [1.82, 2.24) is 14.8 Å². The fourth-order valence-corrected chi connectivity index (χ4v) is 4.00. The lowest BCUT2D eigenvalue weighted by Gasteiger charge is -2.36. The van der Waals surface area contributed by atoms with Gasteiger partial charge in [0, 0.05) is 58.2 Å². The SMILES string of the molecule is CO[C@@H]1CN(C)C(=O)c2cc(NC(C)=O)ccc2OC[C@@H](C)N(C(=O)c2cccnc2)C[C@H]1C. The first kappa shape index (κ1) is 25.2. The van der Waals surface area contributed by atoms with Crippen LogP contribution in [0.4, 0.5) is 5.69 Å². The number of likely N-dealkylation sites (N-methyl/N-ethyl adjacent to an activating group) is 1. The van der Waals surface area contributed by atoms with Gasteiger partial charge < -0.3 is 24.6 Å². The van der Waals surface area contributed by atoms with Gasteiger partial charge in [-0.15, -0.1) is 0 Å². The smallest absolute Gasteiger partial charge is 0.257 e. The van der Waals surface area contributed by atoms with E-state index >= 15 is 0 Å². The Hall–Kier alpha value is -3.46. The van der Waals surface area contributed by atoms with Crippen molar-refractivity contribution in [2.24, 2.45) is 5.92 Å². The average Bonchev–Trinajstić information content (AvgIpc) is 2.83. The summed E-state index contributed by atoms with van der Waals surface area (Å²) in [4.78, 5) is 45.6. The summed E-state index contributed by atoms with van der Waals surface area (Å²) >= 11 is 0. The number of anilines is 1. The van der Waals surface area contributed by atoms with Crippen molar-refractivity contribution in [3.63, 3.8) is 0 Å². The number of methoxy groups -OCH3 is 1. The molecule has 3 rings (SSSR count). The molecule has 9 heteroatoms. The van der Waals surface area contributed by atoms with Crippen molar-refractivity contribution in [1.29, 1.82) is 0 Å². The first-order valence-corrected chi connectivity index (χ1v) is 11.2. The van der Waals surface area contributed by atoms with Crippen LogP contribution in [-0.2, 0) is 9.53 Å². The highest BCUT2D eigenvalue weighted by Gasteiger charge is 2.31. The number of nitrogens with one attached hydrogen (secondary N) is 1. The molecule has 0 aliphatic carbocycles. The lowest BCUT2D eigenvalue weighted by molar-refractivity contribution is -0.114. The molecule has 2 aromatic rings. The van der Waals surface area contributed by atoms with E-state index in [1.165, 1.54) is 6.92 Å². The number of benzene rings is 1. The van der Waals surface area contributed by atoms with Crippen molar-refractivity contribution in [2.45, 2.75) is 32.9 Å². The molecule has 0 radical (unpaired) electrons. The van der Waals surface area contributed by atoms with Crippen molar-refractivity contribution < 1.29 is 23.9 Å². The second-order valence-electron chi connectivity index (χ2n) is 8.69. The van der Waals surface area contributed by atoms with Crippen LogP contribution in [0.5, 0.6) is 5.75 Å². The molecule has 0 saturated carbocycles. The summed E-state index contributed by atoms with van der Waals surface area (Å²) in [6, 6.07) is 8.13. The first-order chi connectivity index (χ1) is 16.2. The molecule has 0 spiro atoms. The zero-order chi connectivity index (χ0) is 24.8. The molecular weight excluding hydrogens is 436 g/mol. The fourth-order valence-electron chi connectivity index (χ4n) is 4.00. The van der Waals surface area contributed by atoms with Crippen molar-refractivity contribution in [3.05, 3.63) is 53.9 Å². The number of nitrogens with zero attached hydrogens (tertiary/aromatic N) is 3. The molecule has 0 unspecified atom stereocenters. The average molecular weight is 469 g/mol. The number of pyridine rings is 1. The van der Waals surface area contributed by atoms with E-state index in [0.29, 0.717) is 35.7 Å². The minimum absolute atomic E-state index is 0.0621. The van der Waals surface area contributed by atoms with Crippen molar-refractivity contribution in [3.8, 4) is 5.75 Å². The highest BCUT2D eigenvalue weighted by atomic mass is 16.5. The first-order valence-electron chi connectivity index (χ1n) is 11.2. The third-order valence-corrected chi connectivity index (χ3v) is 5.93. The summed E-state index contributed by atoms with van der Waals surface area (Å²) in [5.74, 6) is -0.301. The highest BCUT2D eigenvalue weighted by Crippen LogP contribution is 2.26. The molecule has 182 valence electrons. The van der Waals surface area contributed by atoms with E-state index in [1.807, 2.05) is 13.8 Å². The Labute approximate surface area is 200 Å². The Morgan fingerprint density at radius 1 is 1.21 bits per heavy atom. The molecule has 1 N–H and O–H groups in total. The van der Waals surface area contributed by atoms with Crippen LogP contribution in [0, 0.1) is 5.92 Å². The van der Waals surface area contributed by atoms with E-state index < -0.39 is 0 Å². The molecule has 34 heavy (non-hydrogen) atoms. The van der Waals surface area contributed by atoms with Crippen LogP contribution in [0.3, 0.4) is 0 Å². The number of amides is 3. The summed E-state index contributed by atoms with van der Waals surface area (Å²) in [7, 11) is 3.30. The van der Waals surface area contributed by atoms with Gasteiger partial charge in [-0.3, -0.25) is 19.4 Å². The van der Waals surface area contributed by atoms with Crippen molar-refractivity contribution >= 4 is 23.4 Å². The Kier molecular flexibility index (Phi) is 8.22. The van der Waals surface area contributed by atoms with Gasteiger partial charge in [0.15, 0.2) is 0 Å². The number of ether oxygens (including phenoxy) is 2. The second kappa shape index (κ2) is 11.1. The van der Waals surface area contributed by atoms with E-state index in [0.717, 1.165) is 0 Å². The quantitative estimate of drug-likeness (QED) is 0.743. The molecule has 1 aliphatic heterocycles. The highest BCUT2D eigenvalue weighted by molar-refractivity contribution is 5.99. The molecule has 1 aromatic carbocycles. The van der Waals surface area contributed by atoms with Crippen LogP contribution < -0.4 is 10.1 Å². The Bertz CT molecular complexity index is 1030. The minimum Gasteiger partial charge on any atom is -0.491 e. The monoisotopic (exact) mass is 468 g/mol. The van der Waals surface area contributed by atoms with Gasteiger partial charge in [-0.2, -0.15) is 0 Å². The van der Waals surface area contributed by atoms with Crippen LogP contribution in [-0.4, -0.2) is 78.5 Å². The van der Waals surface area contributed by atoms with Gasteiger partial charge in [0.1, 0.15) is 12.4 Å². The Morgan fingerprint density at radius 2 is 1.97 bits per heavy atom. The van der Waals surface area contributed by atoms with Gasteiger partial charge >= 0.3 is 0 Å². The normalized spacial score (nSPS) is 21.6. The number of carbonyl (C=O) groups excluding carboxylic acids is 3. The topological polar surface area (TPSA) is 101 Å². The summed E-state index contributed by atoms with van der Waals surface area (Å²) in [5, 5.41) is 2.70. The number of hydrogen-bond donors (Lipinski definition) is 1. The second-order valence-corrected chi connectivity index (χ2v) is 8.69. The standard InChI is InChI=1S/C25H32N4O5/c1-16-13-29(24(31)19-7-6-10-26-12-19)17(2)15-34-22-9-8-20(27-18(3)30)11-21(22)25(32)28(4)14-23(16)33-5/h6-12,16-17,23H,13-15H2,1-5H3,(H,27,30)/t16-,17-,23-/m1/s1. The zero-order valence-corrected chi connectivity index (χ0v) is 20.3. The molecule has 1 aromatic heterocycles. The number of hydrogen-bond acceptors (Lipinski definition) is 6. The number of rotatable bonds is 3. The number of fused-ring (bicyclic) bond motifs is 1. The van der Waals surface area contributed by atoms with E-state index in [1.54, 1.807) is 66.7 Å². The molecule has 3 atom stereocenters. The maximum absolute atomic E-state index is 13.4. The van der Waals surface area contributed by atoms with Gasteiger partial charge in [0.25, 0.3) is 11.8 Å². The van der Waals surface area contributed by atoms with Crippen LogP contribution in [0.25, 0.3) is 0 Å². The van der Waals surface area contributed by atoms with Crippen LogP contribution in [0.15, 0.2) is 42.7 Å². The van der Waals surface area contributed by atoms with Gasteiger partial charge in [0.2, 0.25) is 5.91 Å². The number of carbonyl (C=O) groups is 3. The third-order valence-electron chi connectivity index (χ3n) is 5.93. The third kappa shape index (κ3) is 5.91. The molecule has 0 saturated heterocycles. The minimum atomic E-state index is -0.298. The maximum atomic E-state index is 13.4. The summed E-state index contributed by atoms with van der Waals surface area (Å²) in [6.45, 7) is 6.24. The largest absolute Gasteiger partial charge is 0.491 e. The molecule has 3 amide bonds.